The lowest BCUT2D eigenvalue weighted by atomic mass is 10.2. The molecule has 0 radical (unpaired) electrons. The van der Waals surface area contributed by atoms with Crippen molar-refractivity contribution in [3.63, 3.8) is 0 Å². The number of hydrogen-bond donors (Lipinski definition) is 2. The summed E-state index contributed by atoms with van der Waals surface area (Å²) in [6.45, 7) is 6.12. The Balaban J connectivity index is 1.38. The maximum atomic E-state index is 12.3. The second kappa shape index (κ2) is 11.2. The molecule has 1 aliphatic rings. The minimum atomic E-state index is -0.0961. The number of carbonyl (C=O) groups excluding carboxylic acids is 1. The first-order valence-corrected chi connectivity index (χ1v) is 10.6. The maximum Gasteiger partial charge on any atom is 0.251 e. The fourth-order valence-electron chi connectivity index (χ4n) is 3.30. The Bertz CT molecular complexity index is 760. The number of unbranched alkanes of at least 4 members (excludes halogenated alkanes) is 2. The van der Waals surface area contributed by atoms with Crippen LogP contribution in [-0.4, -0.2) is 48.9 Å². The third kappa shape index (κ3) is 6.62. The first kappa shape index (κ1) is 20.9. The second-order valence-electron chi connectivity index (χ2n) is 7.26. The predicted octanol–water partition coefficient (Wildman–Crippen LogP) is 3.49. The van der Waals surface area contributed by atoms with E-state index < -0.39 is 0 Å². The molecule has 2 aromatic rings. The fourth-order valence-corrected chi connectivity index (χ4v) is 3.30. The molecule has 0 aliphatic carbocycles. The van der Waals surface area contributed by atoms with E-state index in [4.69, 9.17) is 4.74 Å². The number of nitrogens with one attached hydrogen (secondary N) is 2. The average molecular weight is 398 g/mol. The first-order valence-electron chi connectivity index (χ1n) is 10.6. The number of aromatic nitrogens is 2. The van der Waals surface area contributed by atoms with E-state index in [1.165, 1.54) is 25.7 Å². The van der Waals surface area contributed by atoms with Gasteiger partial charge in [0.2, 0.25) is 0 Å². The third-order valence-electron chi connectivity index (χ3n) is 4.96. The van der Waals surface area contributed by atoms with Crippen LogP contribution in [0.4, 0.5) is 11.5 Å². The van der Waals surface area contributed by atoms with Gasteiger partial charge in [-0.15, -0.1) is 5.10 Å². The summed E-state index contributed by atoms with van der Waals surface area (Å²) in [5.41, 5.74) is 1.72. The maximum absolute atomic E-state index is 12.3. The van der Waals surface area contributed by atoms with Gasteiger partial charge in [0.25, 0.3) is 5.91 Å². The smallest absolute Gasteiger partial charge is 0.251 e. The molecule has 0 saturated carbocycles. The van der Waals surface area contributed by atoms with Crippen molar-refractivity contribution in [3.8, 4) is 5.75 Å². The summed E-state index contributed by atoms with van der Waals surface area (Å²) in [6.07, 6.45) is 7.65. The van der Waals surface area contributed by atoms with E-state index >= 15 is 0 Å². The molecule has 0 spiro atoms. The normalized spacial score (nSPS) is 13.3. The molecule has 0 unspecified atom stereocenters. The minimum absolute atomic E-state index is 0.0961. The van der Waals surface area contributed by atoms with Crippen LogP contribution in [0.2, 0.25) is 0 Å². The monoisotopic (exact) mass is 397 g/mol. The van der Waals surface area contributed by atoms with Crippen molar-refractivity contribution in [2.24, 2.45) is 0 Å². The molecule has 7 nitrogen and oxygen atoms in total. The lowest BCUT2D eigenvalue weighted by molar-refractivity contribution is 0.0955. The van der Waals surface area contributed by atoms with Crippen LogP contribution in [0.1, 0.15) is 49.4 Å². The lowest BCUT2D eigenvalue weighted by Crippen LogP contribution is -2.29. The van der Waals surface area contributed by atoms with Crippen LogP contribution < -0.4 is 20.3 Å². The number of benzene rings is 1. The van der Waals surface area contributed by atoms with E-state index in [-0.39, 0.29) is 5.91 Å². The molecular formula is C22H31N5O2. The average Bonchev–Trinajstić information content (AvgIpc) is 3.30. The molecule has 1 fully saturated rings. The highest BCUT2D eigenvalue weighted by atomic mass is 16.5. The van der Waals surface area contributed by atoms with Gasteiger partial charge in [-0.25, -0.2) is 0 Å². The van der Waals surface area contributed by atoms with Gasteiger partial charge in [-0.1, -0.05) is 19.8 Å². The molecule has 0 bridgehead atoms. The number of nitrogens with zero attached hydrogens (tertiary/aromatic N) is 3. The van der Waals surface area contributed by atoms with E-state index in [0.717, 1.165) is 36.8 Å². The Labute approximate surface area is 172 Å². The Morgan fingerprint density at radius 1 is 1.14 bits per heavy atom. The molecule has 7 heteroatoms. The van der Waals surface area contributed by atoms with Crippen molar-refractivity contribution in [2.45, 2.75) is 39.0 Å². The molecule has 0 atom stereocenters. The van der Waals surface area contributed by atoms with Gasteiger partial charge in [0.15, 0.2) is 5.82 Å². The van der Waals surface area contributed by atoms with Gasteiger partial charge >= 0.3 is 0 Å². The molecule has 1 aromatic heterocycles. The fraction of sp³-hybridized carbons (Fsp3) is 0.500. The van der Waals surface area contributed by atoms with Crippen molar-refractivity contribution < 1.29 is 9.53 Å². The van der Waals surface area contributed by atoms with Crippen molar-refractivity contribution >= 4 is 17.4 Å². The van der Waals surface area contributed by atoms with Gasteiger partial charge < -0.3 is 20.3 Å². The van der Waals surface area contributed by atoms with Gasteiger partial charge in [0.1, 0.15) is 5.75 Å². The van der Waals surface area contributed by atoms with Crippen molar-refractivity contribution in [3.05, 3.63) is 42.1 Å². The van der Waals surface area contributed by atoms with Crippen molar-refractivity contribution in [1.82, 2.24) is 15.5 Å². The van der Waals surface area contributed by atoms with Gasteiger partial charge in [0, 0.05) is 37.8 Å². The highest BCUT2D eigenvalue weighted by molar-refractivity contribution is 5.94. The minimum Gasteiger partial charge on any atom is -0.494 e. The Morgan fingerprint density at radius 3 is 2.69 bits per heavy atom. The Morgan fingerprint density at radius 2 is 1.93 bits per heavy atom. The molecule has 1 amide bonds. The number of anilines is 2. The number of ether oxygens (including phenoxy) is 1. The third-order valence-corrected chi connectivity index (χ3v) is 4.96. The molecule has 1 aromatic carbocycles. The first-order chi connectivity index (χ1) is 14.3. The van der Waals surface area contributed by atoms with Crippen LogP contribution in [0.3, 0.4) is 0 Å². The van der Waals surface area contributed by atoms with Crippen molar-refractivity contribution in [2.75, 3.05) is 43.0 Å². The summed E-state index contributed by atoms with van der Waals surface area (Å²) in [5, 5.41) is 14.3. The van der Waals surface area contributed by atoms with Gasteiger partial charge in [0.05, 0.1) is 18.5 Å². The van der Waals surface area contributed by atoms with E-state index in [1.807, 2.05) is 18.2 Å². The highest BCUT2D eigenvalue weighted by Gasteiger charge is 2.13. The Hall–Kier alpha value is -2.83. The molecule has 29 heavy (non-hydrogen) atoms. The molecular weight excluding hydrogens is 366 g/mol. The zero-order valence-corrected chi connectivity index (χ0v) is 17.2. The summed E-state index contributed by atoms with van der Waals surface area (Å²) in [6, 6.07) is 9.29. The van der Waals surface area contributed by atoms with Crippen LogP contribution in [0.25, 0.3) is 0 Å². The van der Waals surface area contributed by atoms with Crippen LogP contribution >= 0.6 is 0 Å². The summed E-state index contributed by atoms with van der Waals surface area (Å²) < 4.78 is 5.68. The largest absolute Gasteiger partial charge is 0.494 e. The molecule has 3 rings (SSSR count). The summed E-state index contributed by atoms with van der Waals surface area (Å²) in [5.74, 6) is 1.44. The van der Waals surface area contributed by atoms with Gasteiger partial charge in [-0.2, -0.15) is 5.10 Å². The van der Waals surface area contributed by atoms with Crippen molar-refractivity contribution in [1.29, 1.82) is 0 Å². The zero-order valence-electron chi connectivity index (χ0n) is 17.2. The molecule has 1 aliphatic heterocycles. The van der Waals surface area contributed by atoms with E-state index in [9.17, 15) is 4.79 Å². The van der Waals surface area contributed by atoms with Crippen LogP contribution in [-0.2, 0) is 0 Å². The van der Waals surface area contributed by atoms with Gasteiger partial charge in [-0.05, 0) is 43.5 Å². The SMILES string of the molecule is CCCCCOc1ccc(C(=O)NCCNc2cc(N3CCCC3)cnn2)cc1. The summed E-state index contributed by atoms with van der Waals surface area (Å²) in [7, 11) is 0. The predicted molar refractivity (Wildman–Crippen MR) is 116 cm³/mol. The quantitative estimate of drug-likeness (QED) is 0.565. The van der Waals surface area contributed by atoms with Gasteiger partial charge in [-0.3, -0.25) is 4.79 Å². The molecule has 1 saturated heterocycles. The van der Waals surface area contributed by atoms with Crippen LogP contribution in [0.5, 0.6) is 5.75 Å². The van der Waals surface area contributed by atoms with Crippen LogP contribution in [0.15, 0.2) is 36.5 Å². The number of hydrogen-bond acceptors (Lipinski definition) is 6. The summed E-state index contributed by atoms with van der Waals surface area (Å²) >= 11 is 0. The van der Waals surface area contributed by atoms with E-state index in [0.29, 0.717) is 25.3 Å². The molecule has 2 heterocycles. The summed E-state index contributed by atoms with van der Waals surface area (Å²) in [4.78, 5) is 14.6. The lowest BCUT2D eigenvalue weighted by Gasteiger charge is -2.17. The molecule has 2 N–H and O–H groups in total. The number of rotatable bonds is 11. The van der Waals surface area contributed by atoms with Crippen LogP contribution in [0, 0.1) is 0 Å². The van der Waals surface area contributed by atoms with E-state index in [2.05, 4.69) is 32.7 Å². The highest BCUT2D eigenvalue weighted by Crippen LogP contribution is 2.20. The second-order valence-corrected chi connectivity index (χ2v) is 7.26. The molecule has 156 valence electrons. The van der Waals surface area contributed by atoms with E-state index in [1.54, 1.807) is 18.3 Å². The standard InChI is InChI=1S/C22H31N5O2/c1-2-3-6-15-29-20-9-7-18(8-10-20)22(28)24-12-11-23-21-16-19(17-25-26-21)27-13-4-5-14-27/h7-10,16-17H,2-6,11-15H2,1H3,(H,23,26)(H,24,28). The zero-order chi connectivity index (χ0) is 20.3. The Kier molecular flexibility index (Phi) is 8.10. The number of carbonyl (C=O) groups is 1. The topological polar surface area (TPSA) is 79.4 Å². The number of amides is 1.